The van der Waals surface area contributed by atoms with Gasteiger partial charge in [-0.1, -0.05) is 37.3 Å². The molecule has 2 aliphatic rings. The monoisotopic (exact) mass is 303 g/mol. The summed E-state index contributed by atoms with van der Waals surface area (Å²) in [6.45, 7) is 2.27. The summed E-state index contributed by atoms with van der Waals surface area (Å²) in [7, 11) is 0. The molecule has 1 saturated carbocycles. The first kappa shape index (κ1) is 15.0. The van der Waals surface area contributed by atoms with Gasteiger partial charge in [-0.05, 0) is 30.2 Å². The molecule has 3 rings (SSSR count). The Kier molecular flexibility index (Phi) is 4.16. The van der Waals surface area contributed by atoms with Gasteiger partial charge >= 0.3 is 6.09 Å². The molecule has 2 fully saturated rings. The van der Waals surface area contributed by atoms with E-state index in [0.717, 1.165) is 12.0 Å². The molecule has 5 heteroatoms. The van der Waals surface area contributed by atoms with Gasteiger partial charge in [-0.15, -0.1) is 0 Å². The summed E-state index contributed by atoms with van der Waals surface area (Å²) < 4.78 is 5.03. The van der Waals surface area contributed by atoms with E-state index in [9.17, 15) is 14.7 Å². The summed E-state index contributed by atoms with van der Waals surface area (Å²) >= 11 is 0. The van der Waals surface area contributed by atoms with Gasteiger partial charge in [0, 0.05) is 0 Å². The molecule has 0 aromatic heterocycles. The van der Waals surface area contributed by atoms with Gasteiger partial charge < -0.3 is 9.84 Å². The lowest BCUT2D eigenvalue weighted by Gasteiger charge is -2.21. The van der Waals surface area contributed by atoms with Gasteiger partial charge in [0.1, 0.15) is 6.61 Å². The molecule has 1 N–H and O–H groups in total. The zero-order valence-corrected chi connectivity index (χ0v) is 12.6. The highest BCUT2D eigenvalue weighted by Gasteiger charge is 2.43. The van der Waals surface area contributed by atoms with Crippen LogP contribution in [0.25, 0.3) is 0 Å². The van der Waals surface area contributed by atoms with Crippen LogP contribution in [0.2, 0.25) is 0 Å². The van der Waals surface area contributed by atoms with E-state index >= 15 is 0 Å². The first-order chi connectivity index (χ1) is 10.6. The Hall–Kier alpha value is -1.88. The van der Waals surface area contributed by atoms with Crippen molar-refractivity contribution in [2.45, 2.75) is 38.3 Å². The zero-order valence-electron chi connectivity index (χ0n) is 12.6. The van der Waals surface area contributed by atoms with Crippen molar-refractivity contribution in [1.82, 2.24) is 4.90 Å². The molecule has 22 heavy (non-hydrogen) atoms. The number of rotatable bonds is 5. The lowest BCUT2D eigenvalue weighted by Crippen LogP contribution is -2.41. The number of imide groups is 1. The van der Waals surface area contributed by atoms with E-state index in [-0.39, 0.29) is 30.9 Å². The molecule has 4 atom stereocenters. The Morgan fingerprint density at radius 2 is 2.09 bits per heavy atom. The van der Waals surface area contributed by atoms with Crippen LogP contribution in [-0.4, -0.2) is 40.8 Å². The number of aliphatic hydroxyl groups excluding tert-OH is 1. The van der Waals surface area contributed by atoms with Crippen molar-refractivity contribution in [2.24, 2.45) is 11.8 Å². The highest BCUT2D eigenvalue weighted by molar-refractivity contribution is 5.93. The van der Waals surface area contributed by atoms with E-state index in [1.54, 1.807) is 0 Å². The fourth-order valence-corrected chi connectivity index (χ4v) is 3.12. The predicted octanol–water partition coefficient (Wildman–Crippen LogP) is 1.98. The second kappa shape index (κ2) is 6.08. The van der Waals surface area contributed by atoms with Crippen LogP contribution in [0, 0.1) is 11.8 Å². The molecule has 5 nitrogen and oxygen atoms in total. The maximum absolute atomic E-state index is 12.4. The van der Waals surface area contributed by atoms with Crippen LogP contribution < -0.4 is 0 Å². The maximum atomic E-state index is 12.4. The molecule has 1 aliphatic heterocycles. The molecule has 1 aromatic carbocycles. The molecule has 0 spiro atoms. The number of aliphatic hydroxyl groups is 1. The van der Waals surface area contributed by atoms with E-state index in [2.05, 4.69) is 6.92 Å². The molecule has 1 saturated heterocycles. The van der Waals surface area contributed by atoms with Gasteiger partial charge in [0.2, 0.25) is 5.91 Å². The average Bonchev–Trinajstić information content (AvgIpc) is 3.12. The average molecular weight is 303 g/mol. The predicted molar refractivity (Wildman–Crippen MR) is 80.0 cm³/mol. The van der Waals surface area contributed by atoms with Crippen LogP contribution >= 0.6 is 0 Å². The molecule has 118 valence electrons. The molecule has 1 aliphatic carbocycles. The van der Waals surface area contributed by atoms with Gasteiger partial charge in [-0.3, -0.25) is 4.79 Å². The summed E-state index contributed by atoms with van der Waals surface area (Å²) in [5.41, 5.74) is 1.06. The van der Waals surface area contributed by atoms with Crippen LogP contribution in [0.1, 0.15) is 25.3 Å². The number of hydrogen-bond acceptors (Lipinski definition) is 4. The molecule has 2 amide bonds. The van der Waals surface area contributed by atoms with E-state index in [1.165, 1.54) is 4.90 Å². The van der Waals surface area contributed by atoms with Gasteiger partial charge in [-0.25, -0.2) is 9.69 Å². The Bertz CT molecular complexity index is 559. The number of cyclic esters (lactones) is 1. The van der Waals surface area contributed by atoms with Crippen molar-refractivity contribution in [3.05, 3.63) is 35.9 Å². The third-order valence-electron chi connectivity index (χ3n) is 4.59. The first-order valence-electron chi connectivity index (χ1n) is 7.77. The van der Waals surface area contributed by atoms with Gasteiger partial charge in [0.15, 0.2) is 0 Å². The number of amides is 2. The fraction of sp³-hybridized carbons (Fsp3) is 0.529. The molecular weight excluding hydrogens is 282 g/mol. The quantitative estimate of drug-likeness (QED) is 0.903. The summed E-state index contributed by atoms with van der Waals surface area (Å²) in [6, 6.07) is 9.43. The third kappa shape index (κ3) is 3.14. The van der Waals surface area contributed by atoms with Crippen molar-refractivity contribution in [1.29, 1.82) is 0 Å². The summed E-state index contributed by atoms with van der Waals surface area (Å²) in [5.74, 6) is 0.318. The number of nitrogens with zero attached hydrogens (tertiary/aromatic N) is 1. The minimum atomic E-state index is -0.659. The van der Waals surface area contributed by atoms with Gasteiger partial charge in [-0.2, -0.15) is 0 Å². The number of carbonyl (C=O) groups is 2. The minimum absolute atomic E-state index is 0.00457. The minimum Gasteiger partial charge on any atom is -0.447 e. The molecule has 1 aromatic rings. The van der Waals surface area contributed by atoms with Gasteiger partial charge in [0.05, 0.1) is 18.6 Å². The Balaban J connectivity index is 1.64. The lowest BCUT2D eigenvalue weighted by atomic mass is 10.0. The van der Waals surface area contributed by atoms with Crippen LogP contribution in [0.15, 0.2) is 30.3 Å². The molecular formula is C17H21NO4. The van der Waals surface area contributed by atoms with Crippen LogP contribution in [0.3, 0.4) is 0 Å². The van der Waals surface area contributed by atoms with Crippen molar-refractivity contribution >= 4 is 12.0 Å². The number of hydrogen-bond donors (Lipinski definition) is 1. The highest BCUT2D eigenvalue weighted by atomic mass is 16.6. The highest BCUT2D eigenvalue weighted by Crippen LogP contribution is 2.41. The Morgan fingerprint density at radius 1 is 1.41 bits per heavy atom. The fourth-order valence-electron chi connectivity index (χ4n) is 3.12. The third-order valence-corrected chi connectivity index (χ3v) is 4.59. The van der Waals surface area contributed by atoms with Crippen molar-refractivity contribution in [2.75, 3.05) is 6.61 Å². The Morgan fingerprint density at radius 3 is 2.73 bits per heavy atom. The summed E-state index contributed by atoms with van der Waals surface area (Å²) in [5, 5.41) is 10.1. The van der Waals surface area contributed by atoms with E-state index in [0.29, 0.717) is 12.3 Å². The molecule has 0 unspecified atom stereocenters. The number of ether oxygens (including phenoxy) is 1. The largest absolute Gasteiger partial charge is 0.447 e. The van der Waals surface area contributed by atoms with E-state index in [1.807, 2.05) is 30.3 Å². The summed E-state index contributed by atoms with van der Waals surface area (Å²) in [4.78, 5) is 25.4. The van der Waals surface area contributed by atoms with Crippen LogP contribution in [0.5, 0.6) is 0 Å². The number of carbonyl (C=O) groups excluding carboxylic acids is 2. The molecule has 0 radical (unpaired) electrons. The standard InChI is InChI=1S/C17H21NO4/c1-11-7-14(11)15(19)9-16(20)18-13(10-22-17(18)21)8-12-5-3-2-4-6-12/h2-6,11,13-15,19H,7-10H2,1H3/t11-,13-,14-,15-/m1/s1. The SMILES string of the molecule is C[C@@H]1C[C@H]1[C@H](O)CC(=O)N1C(=O)OC[C@H]1Cc1ccccc1. The van der Waals surface area contributed by atoms with Crippen molar-refractivity contribution in [3.8, 4) is 0 Å². The van der Waals surface area contributed by atoms with Crippen LogP contribution in [-0.2, 0) is 16.0 Å². The molecule has 1 heterocycles. The maximum Gasteiger partial charge on any atom is 0.416 e. The van der Waals surface area contributed by atoms with Crippen molar-refractivity contribution < 1.29 is 19.4 Å². The second-order valence-electron chi connectivity index (χ2n) is 6.33. The zero-order chi connectivity index (χ0) is 15.7. The summed E-state index contributed by atoms with van der Waals surface area (Å²) in [6.07, 6.45) is 0.269. The molecule has 0 bridgehead atoms. The Labute approximate surface area is 129 Å². The second-order valence-corrected chi connectivity index (χ2v) is 6.33. The van der Waals surface area contributed by atoms with Crippen LogP contribution in [0.4, 0.5) is 4.79 Å². The van der Waals surface area contributed by atoms with E-state index in [4.69, 9.17) is 4.74 Å². The topological polar surface area (TPSA) is 66.8 Å². The van der Waals surface area contributed by atoms with Gasteiger partial charge in [0.25, 0.3) is 0 Å². The van der Waals surface area contributed by atoms with Crippen molar-refractivity contribution in [3.63, 3.8) is 0 Å². The normalized spacial score (nSPS) is 28.4. The van der Waals surface area contributed by atoms with E-state index < -0.39 is 12.2 Å². The lowest BCUT2D eigenvalue weighted by molar-refractivity contribution is -0.131. The smallest absolute Gasteiger partial charge is 0.416 e. The number of benzene rings is 1. The first-order valence-corrected chi connectivity index (χ1v) is 7.77.